The van der Waals surface area contributed by atoms with Gasteiger partial charge in [0.2, 0.25) is 5.91 Å². The summed E-state index contributed by atoms with van der Waals surface area (Å²) in [6, 6.07) is 0. The first-order valence-electron chi connectivity index (χ1n) is 6.30. The lowest BCUT2D eigenvalue weighted by Gasteiger charge is -2.21. The second-order valence-corrected chi connectivity index (χ2v) is 5.57. The summed E-state index contributed by atoms with van der Waals surface area (Å²) in [6.07, 6.45) is 2.72. The maximum atomic E-state index is 11.7. The van der Waals surface area contributed by atoms with Crippen molar-refractivity contribution in [3.05, 3.63) is 16.1 Å². The lowest BCUT2D eigenvalue weighted by Crippen LogP contribution is -2.34. The van der Waals surface area contributed by atoms with E-state index in [1.165, 1.54) is 16.7 Å². The standard InChI is InChI=1S/C12H17N3O3S/c16-10(4-8-2-1-3-13-5-8)14-6-11-15-9(7-19-11)12(17)18/h7-8,13H,1-6H2,(H,14,16)(H,17,18). The molecule has 19 heavy (non-hydrogen) atoms. The van der Waals surface area contributed by atoms with Gasteiger partial charge in [-0.1, -0.05) is 0 Å². The molecule has 104 valence electrons. The van der Waals surface area contributed by atoms with Crippen LogP contribution in [0.5, 0.6) is 0 Å². The van der Waals surface area contributed by atoms with Gasteiger partial charge in [-0.05, 0) is 31.8 Å². The van der Waals surface area contributed by atoms with Crippen molar-refractivity contribution in [3.63, 3.8) is 0 Å². The smallest absolute Gasteiger partial charge is 0.355 e. The lowest BCUT2D eigenvalue weighted by molar-refractivity contribution is -0.122. The van der Waals surface area contributed by atoms with Gasteiger partial charge in [-0.25, -0.2) is 9.78 Å². The van der Waals surface area contributed by atoms with Crippen LogP contribution in [0.1, 0.15) is 34.8 Å². The van der Waals surface area contributed by atoms with E-state index < -0.39 is 5.97 Å². The van der Waals surface area contributed by atoms with Crippen molar-refractivity contribution in [2.24, 2.45) is 5.92 Å². The fourth-order valence-electron chi connectivity index (χ4n) is 2.10. The molecule has 1 aliphatic heterocycles. The van der Waals surface area contributed by atoms with Gasteiger partial charge in [0, 0.05) is 11.8 Å². The molecule has 6 nitrogen and oxygen atoms in total. The fourth-order valence-corrected chi connectivity index (χ4v) is 2.80. The van der Waals surface area contributed by atoms with Crippen LogP contribution in [0.4, 0.5) is 0 Å². The van der Waals surface area contributed by atoms with Gasteiger partial charge in [-0.2, -0.15) is 0 Å². The zero-order valence-corrected chi connectivity index (χ0v) is 11.3. The molecule has 3 N–H and O–H groups in total. The Morgan fingerprint density at radius 1 is 1.58 bits per heavy atom. The third-order valence-electron chi connectivity index (χ3n) is 3.08. The van der Waals surface area contributed by atoms with Crippen molar-refractivity contribution in [3.8, 4) is 0 Å². The Hall–Kier alpha value is -1.47. The van der Waals surface area contributed by atoms with Crippen molar-refractivity contribution in [2.45, 2.75) is 25.8 Å². The van der Waals surface area contributed by atoms with E-state index in [1.807, 2.05) is 0 Å². The minimum Gasteiger partial charge on any atom is -0.476 e. The maximum Gasteiger partial charge on any atom is 0.355 e. The molecule has 1 amide bonds. The van der Waals surface area contributed by atoms with Gasteiger partial charge in [0.25, 0.3) is 0 Å². The summed E-state index contributed by atoms with van der Waals surface area (Å²) in [5, 5.41) is 16.9. The molecule has 0 saturated carbocycles. The number of nitrogens with zero attached hydrogens (tertiary/aromatic N) is 1. The summed E-state index contributed by atoms with van der Waals surface area (Å²) in [4.78, 5) is 26.3. The Bertz CT molecular complexity index is 455. The van der Waals surface area contributed by atoms with Gasteiger partial charge < -0.3 is 15.7 Å². The Kier molecular flexibility index (Phi) is 4.86. The summed E-state index contributed by atoms with van der Waals surface area (Å²) in [7, 11) is 0. The average Bonchev–Trinajstić information content (AvgIpc) is 2.86. The van der Waals surface area contributed by atoms with E-state index >= 15 is 0 Å². The van der Waals surface area contributed by atoms with Crippen LogP contribution in [0.2, 0.25) is 0 Å². The number of thiazole rings is 1. The molecule has 2 rings (SSSR count). The van der Waals surface area contributed by atoms with Crippen molar-refractivity contribution >= 4 is 23.2 Å². The van der Waals surface area contributed by atoms with Crippen LogP contribution in [-0.4, -0.2) is 35.1 Å². The van der Waals surface area contributed by atoms with Crippen molar-refractivity contribution in [2.75, 3.05) is 13.1 Å². The van der Waals surface area contributed by atoms with Crippen LogP contribution in [0.3, 0.4) is 0 Å². The van der Waals surface area contributed by atoms with Crippen molar-refractivity contribution in [1.82, 2.24) is 15.6 Å². The summed E-state index contributed by atoms with van der Waals surface area (Å²) in [5.41, 5.74) is 0.0331. The zero-order chi connectivity index (χ0) is 13.7. The van der Waals surface area contributed by atoms with Gasteiger partial charge in [-0.15, -0.1) is 11.3 Å². The van der Waals surface area contributed by atoms with E-state index in [2.05, 4.69) is 15.6 Å². The summed E-state index contributed by atoms with van der Waals surface area (Å²) < 4.78 is 0. The van der Waals surface area contributed by atoms with Gasteiger partial charge in [0.05, 0.1) is 6.54 Å². The van der Waals surface area contributed by atoms with E-state index in [9.17, 15) is 9.59 Å². The molecule has 1 unspecified atom stereocenters. The quantitative estimate of drug-likeness (QED) is 0.745. The lowest BCUT2D eigenvalue weighted by atomic mass is 9.96. The molecule has 0 aliphatic carbocycles. The third kappa shape index (κ3) is 4.29. The molecule has 0 bridgehead atoms. The molecular weight excluding hydrogens is 266 g/mol. The van der Waals surface area contributed by atoms with E-state index in [4.69, 9.17) is 5.11 Å². The SMILES string of the molecule is O=C(CC1CCCNC1)NCc1nc(C(=O)O)cs1. The van der Waals surface area contributed by atoms with Crippen LogP contribution in [0, 0.1) is 5.92 Å². The second kappa shape index (κ2) is 6.63. The molecule has 7 heteroatoms. The molecule has 0 aromatic carbocycles. The average molecular weight is 283 g/mol. The van der Waals surface area contributed by atoms with Gasteiger partial charge in [-0.3, -0.25) is 4.79 Å². The number of aromatic nitrogens is 1. The predicted molar refractivity (Wildman–Crippen MR) is 71.1 cm³/mol. The first kappa shape index (κ1) is 14.0. The topological polar surface area (TPSA) is 91.3 Å². The van der Waals surface area contributed by atoms with Crippen molar-refractivity contribution < 1.29 is 14.7 Å². The summed E-state index contributed by atoms with van der Waals surface area (Å²) in [5.74, 6) is -0.637. The molecular formula is C12H17N3O3S. The van der Waals surface area contributed by atoms with E-state index in [-0.39, 0.29) is 11.6 Å². The van der Waals surface area contributed by atoms with Gasteiger partial charge >= 0.3 is 5.97 Å². The van der Waals surface area contributed by atoms with Crippen LogP contribution < -0.4 is 10.6 Å². The van der Waals surface area contributed by atoms with E-state index in [0.717, 1.165) is 25.9 Å². The molecule has 1 atom stereocenters. The van der Waals surface area contributed by atoms with Crippen molar-refractivity contribution in [1.29, 1.82) is 0 Å². The number of piperidine rings is 1. The number of hydrogen-bond acceptors (Lipinski definition) is 5. The molecule has 1 aliphatic rings. The summed E-state index contributed by atoms with van der Waals surface area (Å²) >= 11 is 1.25. The normalized spacial score (nSPS) is 19.1. The van der Waals surface area contributed by atoms with Crippen LogP contribution in [-0.2, 0) is 11.3 Å². The highest BCUT2D eigenvalue weighted by atomic mass is 32.1. The van der Waals surface area contributed by atoms with Gasteiger partial charge in [0.1, 0.15) is 5.01 Å². The molecule has 2 heterocycles. The highest BCUT2D eigenvalue weighted by Crippen LogP contribution is 2.14. The third-order valence-corrected chi connectivity index (χ3v) is 3.93. The predicted octanol–water partition coefficient (Wildman–Crippen LogP) is 0.847. The Labute approximate surface area is 115 Å². The number of aromatic carboxylic acids is 1. The van der Waals surface area contributed by atoms with Gasteiger partial charge in [0.15, 0.2) is 5.69 Å². The minimum absolute atomic E-state index is 0.000718. The molecule has 0 spiro atoms. The maximum absolute atomic E-state index is 11.7. The van der Waals surface area contributed by atoms with E-state index in [0.29, 0.717) is 23.9 Å². The highest BCUT2D eigenvalue weighted by molar-refractivity contribution is 7.09. The van der Waals surface area contributed by atoms with Crippen LogP contribution in [0.25, 0.3) is 0 Å². The highest BCUT2D eigenvalue weighted by Gasteiger charge is 2.17. The number of rotatable bonds is 5. The number of carbonyl (C=O) groups is 2. The minimum atomic E-state index is -1.04. The molecule has 0 radical (unpaired) electrons. The summed E-state index contributed by atoms with van der Waals surface area (Å²) in [6.45, 7) is 2.24. The van der Waals surface area contributed by atoms with Crippen LogP contribution in [0.15, 0.2) is 5.38 Å². The number of amides is 1. The molecule has 1 fully saturated rings. The molecule has 1 saturated heterocycles. The monoisotopic (exact) mass is 283 g/mol. The number of nitrogens with one attached hydrogen (secondary N) is 2. The Balaban J connectivity index is 1.74. The zero-order valence-electron chi connectivity index (χ0n) is 10.5. The Morgan fingerprint density at radius 3 is 3.05 bits per heavy atom. The number of carbonyl (C=O) groups excluding carboxylic acids is 1. The fraction of sp³-hybridized carbons (Fsp3) is 0.583. The largest absolute Gasteiger partial charge is 0.476 e. The number of carboxylic acid groups (broad SMARTS) is 1. The number of hydrogen-bond donors (Lipinski definition) is 3. The first-order valence-corrected chi connectivity index (χ1v) is 7.18. The Morgan fingerprint density at radius 2 is 2.42 bits per heavy atom. The van der Waals surface area contributed by atoms with Crippen LogP contribution >= 0.6 is 11.3 Å². The van der Waals surface area contributed by atoms with E-state index in [1.54, 1.807) is 0 Å². The number of carboxylic acids is 1. The first-order chi connectivity index (χ1) is 9.15. The molecule has 1 aromatic heterocycles. The second-order valence-electron chi connectivity index (χ2n) is 4.62. The molecule has 1 aromatic rings.